The molecule has 1 aliphatic carbocycles. The largest absolute Gasteiger partial charge is 0.314 e. The van der Waals surface area contributed by atoms with E-state index in [0.717, 1.165) is 43.9 Å². The SMILES string of the molecule is CCNC1CCC(C)(Cc2cc(F)cc(F)c2)C1. The van der Waals surface area contributed by atoms with E-state index in [2.05, 4.69) is 19.2 Å². The van der Waals surface area contributed by atoms with Crippen molar-refractivity contribution < 1.29 is 8.78 Å². The Hall–Kier alpha value is -0.960. The summed E-state index contributed by atoms with van der Waals surface area (Å²) < 4.78 is 26.3. The van der Waals surface area contributed by atoms with Crippen LogP contribution in [0.1, 0.15) is 38.7 Å². The van der Waals surface area contributed by atoms with E-state index >= 15 is 0 Å². The van der Waals surface area contributed by atoms with Crippen molar-refractivity contribution >= 4 is 0 Å². The van der Waals surface area contributed by atoms with Crippen LogP contribution in [0, 0.1) is 17.0 Å². The predicted octanol–water partition coefficient (Wildman–Crippen LogP) is 3.68. The molecular weight excluding hydrogens is 232 g/mol. The Morgan fingerprint density at radius 1 is 1.28 bits per heavy atom. The molecule has 2 unspecified atom stereocenters. The van der Waals surface area contributed by atoms with Gasteiger partial charge in [0.25, 0.3) is 0 Å². The quantitative estimate of drug-likeness (QED) is 0.863. The molecule has 0 spiro atoms. The smallest absolute Gasteiger partial charge is 0.126 e. The Labute approximate surface area is 108 Å². The Bertz CT molecular complexity index is 399. The molecule has 1 N–H and O–H groups in total. The first kappa shape index (κ1) is 13.5. The molecule has 1 saturated carbocycles. The van der Waals surface area contributed by atoms with Crippen LogP contribution in [0.15, 0.2) is 18.2 Å². The zero-order valence-electron chi connectivity index (χ0n) is 11.1. The highest BCUT2D eigenvalue weighted by molar-refractivity contribution is 5.19. The molecule has 0 amide bonds. The number of hydrogen-bond donors (Lipinski definition) is 1. The summed E-state index contributed by atoms with van der Waals surface area (Å²) in [6.45, 7) is 5.31. The maximum absolute atomic E-state index is 13.2. The van der Waals surface area contributed by atoms with E-state index in [9.17, 15) is 8.78 Å². The summed E-state index contributed by atoms with van der Waals surface area (Å²) in [5.41, 5.74) is 0.930. The van der Waals surface area contributed by atoms with Gasteiger partial charge in [-0.25, -0.2) is 8.78 Å². The summed E-state index contributed by atoms with van der Waals surface area (Å²) in [5, 5.41) is 3.46. The van der Waals surface area contributed by atoms with Crippen molar-refractivity contribution in [1.29, 1.82) is 0 Å². The molecule has 2 atom stereocenters. The van der Waals surface area contributed by atoms with Gasteiger partial charge in [0.2, 0.25) is 0 Å². The van der Waals surface area contributed by atoms with E-state index in [1.165, 1.54) is 12.1 Å². The molecule has 1 aromatic carbocycles. The normalized spacial score (nSPS) is 27.7. The second-order valence-electron chi connectivity index (χ2n) is 5.76. The van der Waals surface area contributed by atoms with E-state index in [1.807, 2.05) is 0 Å². The first-order valence-electron chi connectivity index (χ1n) is 6.69. The molecule has 18 heavy (non-hydrogen) atoms. The Balaban J connectivity index is 2.04. The Morgan fingerprint density at radius 3 is 2.56 bits per heavy atom. The van der Waals surface area contributed by atoms with Gasteiger partial charge in [-0.1, -0.05) is 13.8 Å². The summed E-state index contributed by atoms with van der Waals surface area (Å²) in [6.07, 6.45) is 4.10. The zero-order chi connectivity index (χ0) is 13.2. The van der Waals surface area contributed by atoms with Gasteiger partial charge in [0, 0.05) is 12.1 Å². The monoisotopic (exact) mass is 253 g/mol. The highest BCUT2D eigenvalue weighted by atomic mass is 19.1. The molecule has 0 heterocycles. The molecule has 0 radical (unpaired) electrons. The van der Waals surface area contributed by atoms with Gasteiger partial charge in [-0.05, 0) is 55.3 Å². The number of rotatable bonds is 4. The highest BCUT2D eigenvalue weighted by Crippen LogP contribution is 2.40. The molecule has 100 valence electrons. The van der Waals surface area contributed by atoms with Gasteiger partial charge in [-0.3, -0.25) is 0 Å². The van der Waals surface area contributed by atoms with Gasteiger partial charge >= 0.3 is 0 Å². The number of hydrogen-bond acceptors (Lipinski definition) is 1. The second kappa shape index (κ2) is 5.35. The molecule has 1 nitrogen and oxygen atoms in total. The first-order valence-corrected chi connectivity index (χ1v) is 6.69. The van der Waals surface area contributed by atoms with E-state index in [0.29, 0.717) is 6.04 Å². The summed E-state index contributed by atoms with van der Waals surface area (Å²) in [7, 11) is 0. The standard InChI is InChI=1S/C15H21F2N/c1-3-18-14-4-5-15(2,10-14)9-11-6-12(16)8-13(17)7-11/h6-8,14,18H,3-5,9-10H2,1-2H3. The molecule has 1 aromatic rings. The van der Waals surface area contributed by atoms with Crippen molar-refractivity contribution in [1.82, 2.24) is 5.32 Å². The molecule has 1 fully saturated rings. The third kappa shape index (κ3) is 3.29. The fraction of sp³-hybridized carbons (Fsp3) is 0.600. The first-order chi connectivity index (χ1) is 8.50. The minimum Gasteiger partial charge on any atom is -0.314 e. The number of benzene rings is 1. The average molecular weight is 253 g/mol. The Kier molecular flexibility index (Phi) is 4.00. The molecule has 0 aromatic heterocycles. The van der Waals surface area contributed by atoms with Crippen molar-refractivity contribution in [2.24, 2.45) is 5.41 Å². The van der Waals surface area contributed by atoms with E-state index in [1.54, 1.807) is 0 Å². The summed E-state index contributed by atoms with van der Waals surface area (Å²) in [6, 6.07) is 4.39. The molecular formula is C15H21F2N. The van der Waals surface area contributed by atoms with Crippen LogP contribution < -0.4 is 5.32 Å². The van der Waals surface area contributed by atoms with Crippen LogP contribution in [0.5, 0.6) is 0 Å². The van der Waals surface area contributed by atoms with Crippen molar-refractivity contribution in [3.05, 3.63) is 35.4 Å². The third-order valence-electron chi connectivity index (χ3n) is 3.88. The molecule has 0 bridgehead atoms. The van der Waals surface area contributed by atoms with Crippen molar-refractivity contribution in [3.63, 3.8) is 0 Å². The number of nitrogens with one attached hydrogen (secondary N) is 1. The minimum absolute atomic E-state index is 0.160. The maximum Gasteiger partial charge on any atom is 0.126 e. The highest BCUT2D eigenvalue weighted by Gasteiger charge is 2.34. The third-order valence-corrected chi connectivity index (χ3v) is 3.88. The zero-order valence-corrected chi connectivity index (χ0v) is 11.1. The lowest BCUT2D eigenvalue weighted by Gasteiger charge is -2.24. The summed E-state index contributed by atoms with van der Waals surface area (Å²) >= 11 is 0. The van der Waals surface area contributed by atoms with Crippen LogP contribution >= 0.6 is 0 Å². The fourth-order valence-corrected chi connectivity index (χ4v) is 3.15. The fourth-order valence-electron chi connectivity index (χ4n) is 3.15. The summed E-state index contributed by atoms with van der Waals surface area (Å²) in [4.78, 5) is 0. The maximum atomic E-state index is 13.2. The van der Waals surface area contributed by atoms with Crippen LogP contribution in [0.3, 0.4) is 0 Å². The summed E-state index contributed by atoms with van der Waals surface area (Å²) in [5.74, 6) is -0.954. The van der Waals surface area contributed by atoms with E-state index in [4.69, 9.17) is 0 Å². The van der Waals surface area contributed by atoms with Gasteiger partial charge in [0.1, 0.15) is 11.6 Å². The van der Waals surface area contributed by atoms with Crippen molar-refractivity contribution in [2.75, 3.05) is 6.54 Å². The van der Waals surface area contributed by atoms with Gasteiger partial charge in [-0.2, -0.15) is 0 Å². The number of halogens is 2. The van der Waals surface area contributed by atoms with Gasteiger partial charge < -0.3 is 5.32 Å². The van der Waals surface area contributed by atoms with Gasteiger partial charge in [0.15, 0.2) is 0 Å². The van der Waals surface area contributed by atoms with Crippen LogP contribution in [0.2, 0.25) is 0 Å². The minimum atomic E-state index is -0.477. The molecule has 1 aliphatic rings. The van der Waals surface area contributed by atoms with Gasteiger partial charge in [0.05, 0.1) is 0 Å². The molecule has 0 saturated heterocycles. The van der Waals surface area contributed by atoms with E-state index in [-0.39, 0.29) is 5.41 Å². The lowest BCUT2D eigenvalue weighted by molar-refractivity contribution is 0.321. The molecule has 2 rings (SSSR count). The van der Waals surface area contributed by atoms with Crippen LogP contribution in [-0.4, -0.2) is 12.6 Å². The lowest BCUT2D eigenvalue weighted by atomic mass is 9.82. The topological polar surface area (TPSA) is 12.0 Å². The predicted molar refractivity (Wildman–Crippen MR) is 69.5 cm³/mol. The van der Waals surface area contributed by atoms with Gasteiger partial charge in [-0.15, -0.1) is 0 Å². The van der Waals surface area contributed by atoms with Crippen molar-refractivity contribution in [2.45, 2.75) is 45.6 Å². The molecule has 0 aliphatic heterocycles. The second-order valence-corrected chi connectivity index (χ2v) is 5.76. The average Bonchev–Trinajstić information content (AvgIpc) is 2.58. The lowest BCUT2D eigenvalue weighted by Crippen LogP contribution is -2.28. The Morgan fingerprint density at radius 2 is 1.94 bits per heavy atom. The van der Waals surface area contributed by atoms with Crippen LogP contribution in [0.4, 0.5) is 8.78 Å². The van der Waals surface area contributed by atoms with Crippen LogP contribution in [-0.2, 0) is 6.42 Å². The van der Waals surface area contributed by atoms with Crippen molar-refractivity contribution in [3.8, 4) is 0 Å². The van der Waals surface area contributed by atoms with E-state index < -0.39 is 11.6 Å². The van der Waals surface area contributed by atoms with Crippen LogP contribution in [0.25, 0.3) is 0 Å². The molecule has 3 heteroatoms.